The number of hydrogen-bond donors (Lipinski definition) is 0. The quantitative estimate of drug-likeness (QED) is 0.580. The Hall–Kier alpha value is -2.61. The van der Waals surface area contributed by atoms with E-state index in [9.17, 15) is 4.79 Å². The smallest absolute Gasteiger partial charge is 0.143 e. The van der Waals surface area contributed by atoms with E-state index in [1.54, 1.807) is 7.11 Å². The zero-order chi connectivity index (χ0) is 19.1. The van der Waals surface area contributed by atoms with E-state index in [2.05, 4.69) is 38.1 Å². The Balaban J connectivity index is 0.00000364. The molecule has 2 heteroatoms. The van der Waals surface area contributed by atoms with Crippen molar-refractivity contribution in [2.75, 3.05) is 7.11 Å². The van der Waals surface area contributed by atoms with Gasteiger partial charge in [0, 0.05) is 19.3 Å². The summed E-state index contributed by atoms with van der Waals surface area (Å²) in [5.74, 6) is 0.981. The summed E-state index contributed by atoms with van der Waals surface area (Å²) < 4.78 is 5.50. The summed E-state index contributed by atoms with van der Waals surface area (Å²) in [5.41, 5.74) is 5.57. The molecule has 0 N–H and O–H groups in total. The van der Waals surface area contributed by atoms with Gasteiger partial charge in [0.25, 0.3) is 0 Å². The normalized spacial score (nSPS) is 12.7. The highest BCUT2D eigenvalue weighted by Crippen LogP contribution is 2.27. The van der Waals surface area contributed by atoms with Crippen LogP contribution >= 0.6 is 0 Å². The predicted molar refractivity (Wildman–Crippen MR) is 113 cm³/mol. The SMILES string of the molecule is CC=Cc1c(C)cc(/C=C/CC(=O)C(C)c2ccc(C)cc2)cc1OC.[HH]. The number of ketones is 1. The van der Waals surface area contributed by atoms with Gasteiger partial charge >= 0.3 is 0 Å². The van der Waals surface area contributed by atoms with Gasteiger partial charge in [-0.25, -0.2) is 0 Å². The first kappa shape index (κ1) is 19.7. The lowest BCUT2D eigenvalue weighted by atomic mass is 9.94. The summed E-state index contributed by atoms with van der Waals surface area (Å²) in [6, 6.07) is 12.3. The van der Waals surface area contributed by atoms with E-state index < -0.39 is 0 Å². The molecule has 0 spiro atoms. The number of methoxy groups -OCH3 is 1. The molecule has 0 fully saturated rings. The van der Waals surface area contributed by atoms with Crippen molar-refractivity contribution in [3.8, 4) is 5.75 Å². The molecule has 2 rings (SSSR count). The molecule has 2 nitrogen and oxygen atoms in total. The number of hydrogen-bond acceptors (Lipinski definition) is 2. The molecule has 0 heterocycles. The van der Waals surface area contributed by atoms with Crippen LogP contribution in [0.3, 0.4) is 0 Å². The molecule has 0 aliphatic heterocycles. The molecule has 0 bridgehead atoms. The van der Waals surface area contributed by atoms with Gasteiger partial charge in [-0.15, -0.1) is 0 Å². The summed E-state index contributed by atoms with van der Waals surface area (Å²) in [6.45, 7) is 8.09. The molecule has 26 heavy (non-hydrogen) atoms. The van der Waals surface area contributed by atoms with Crippen molar-refractivity contribution < 1.29 is 11.0 Å². The molecule has 0 aliphatic rings. The van der Waals surface area contributed by atoms with E-state index in [4.69, 9.17) is 4.74 Å². The molecule has 0 aliphatic carbocycles. The fraction of sp³-hybridized carbons (Fsp3) is 0.292. The maximum absolute atomic E-state index is 12.5. The second-order valence-electron chi connectivity index (χ2n) is 6.66. The van der Waals surface area contributed by atoms with Crippen molar-refractivity contribution in [2.24, 2.45) is 0 Å². The number of Topliss-reactive ketones (excluding diaryl/α,β-unsaturated/α-hetero) is 1. The van der Waals surface area contributed by atoms with E-state index >= 15 is 0 Å². The highest BCUT2D eigenvalue weighted by molar-refractivity contribution is 5.87. The molecular formula is C24H30O2. The average molecular weight is 351 g/mol. The maximum Gasteiger partial charge on any atom is 0.143 e. The molecule has 0 radical (unpaired) electrons. The van der Waals surface area contributed by atoms with Gasteiger partial charge in [0.2, 0.25) is 0 Å². The summed E-state index contributed by atoms with van der Waals surface area (Å²) in [5, 5.41) is 0. The van der Waals surface area contributed by atoms with Crippen LogP contribution in [0.2, 0.25) is 0 Å². The Bertz CT molecular complexity index is 817. The molecule has 0 saturated carbocycles. The first-order valence-corrected chi connectivity index (χ1v) is 9.03. The van der Waals surface area contributed by atoms with Crippen molar-refractivity contribution in [3.05, 3.63) is 76.4 Å². The average Bonchev–Trinajstić information content (AvgIpc) is 2.63. The lowest BCUT2D eigenvalue weighted by Crippen LogP contribution is -2.07. The number of benzene rings is 2. The van der Waals surface area contributed by atoms with Gasteiger partial charge in [-0.1, -0.05) is 67.1 Å². The number of carbonyl (C=O) groups excluding carboxylic acids is 1. The van der Waals surface area contributed by atoms with Crippen LogP contribution in [-0.2, 0) is 4.79 Å². The maximum atomic E-state index is 12.5. The monoisotopic (exact) mass is 350 g/mol. The minimum absolute atomic E-state index is 0. The number of carbonyl (C=O) groups is 1. The molecule has 2 aromatic carbocycles. The Kier molecular flexibility index (Phi) is 6.97. The first-order chi connectivity index (χ1) is 12.5. The van der Waals surface area contributed by atoms with Gasteiger partial charge in [0.05, 0.1) is 7.11 Å². The third-order valence-corrected chi connectivity index (χ3v) is 4.61. The Labute approximate surface area is 158 Å². The molecule has 0 amide bonds. The van der Waals surface area contributed by atoms with Crippen LogP contribution in [0, 0.1) is 13.8 Å². The summed E-state index contributed by atoms with van der Waals surface area (Å²) in [7, 11) is 1.68. The molecule has 0 saturated heterocycles. The summed E-state index contributed by atoms with van der Waals surface area (Å²) in [4.78, 5) is 12.5. The van der Waals surface area contributed by atoms with Crippen molar-refractivity contribution in [3.63, 3.8) is 0 Å². The fourth-order valence-corrected chi connectivity index (χ4v) is 2.97. The Morgan fingerprint density at radius 1 is 1.15 bits per heavy atom. The van der Waals surface area contributed by atoms with Gasteiger partial charge in [0.15, 0.2) is 0 Å². The lowest BCUT2D eigenvalue weighted by Gasteiger charge is -2.11. The van der Waals surface area contributed by atoms with Crippen LogP contribution in [0.25, 0.3) is 12.2 Å². The number of aryl methyl sites for hydroxylation is 2. The van der Waals surface area contributed by atoms with Crippen LogP contribution in [0.5, 0.6) is 5.75 Å². The minimum atomic E-state index is -0.0893. The van der Waals surface area contributed by atoms with E-state index in [1.165, 1.54) is 5.56 Å². The second kappa shape index (κ2) is 9.19. The molecule has 1 unspecified atom stereocenters. The number of ether oxygens (including phenoxy) is 1. The fourth-order valence-electron chi connectivity index (χ4n) is 2.97. The Morgan fingerprint density at radius 3 is 2.46 bits per heavy atom. The first-order valence-electron chi connectivity index (χ1n) is 9.03. The lowest BCUT2D eigenvalue weighted by molar-refractivity contribution is -0.119. The zero-order valence-electron chi connectivity index (χ0n) is 16.4. The number of rotatable bonds is 7. The van der Waals surface area contributed by atoms with E-state index in [0.29, 0.717) is 6.42 Å². The van der Waals surface area contributed by atoms with Crippen LogP contribution in [0.1, 0.15) is 55.4 Å². The van der Waals surface area contributed by atoms with Crippen LogP contribution in [0.15, 0.2) is 48.6 Å². The summed E-state index contributed by atoms with van der Waals surface area (Å²) in [6.07, 6.45) is 8.41. The minimum Gasteiger partial charge on any atom is -0.496 e. The molecule has 1 atom stereocenters. The third-order valence-electron chi connectivity index (χ3n) is 4.61. The van der Waals surface area contributed by atoms with Crippen molar-refractivity contribution in [1.82, 2.24) is 0 Å². The van der Waals surface area contributed by atoms with Crippen molar-refractivity contribution >= 4 is 17.9 Å². The molecule has 138 valence electrons. The number of allylic oxidation sites excluding steroid dienone is 2. The summed E-state index contributed by atoms with van der Waals surface area (Å²) >= 11 is 0. The Morgan fingerprint density at radius 2 is 1.85 bits per heavy atom. The standard InChI is InChI=1S/C24H28O2.H2/c1-6-8-22-18(3)15-20(16-24(22)26-5)9-7-10-23(25)19(4)21-13-11-17(2)12-14-21;/h6-9,11-16,19H,10H2,1-5H3;1H/b8-6?,9-7+;. The predicted octanol–water partition coefficient (Wildman–Crippen LogP) is 6.37. The van der Waals surface area contributed by atoms with Gasteiger partial charge in [0.1, 0.15) is 11.5 Å². The second-order valence-corrected chi connectivity index (χ2v) is 6.66. The highest BCUT2D eigenvalue weighted by atomic mass is 16.5. The third kappa shape index (κ3) is 4.95. The molecule has 0 aromatic heterocycles. The molecule has 2 aromatic rings. The van der Waals surface area contributed by atoms with E-state index in [0.717, 1.165) is 28.0 Å². The molecular weight excluding hydrogens is 320 g/mol. The zero-order valence-corrected chi connectivity index (χ0v) is 16.4. The van der Waals surface area contributed by atoms with Gasteiger partial charge in [-0.3, -0.25) is 4.79 Å². The van der Waals surface area contributed by atoms with Crippen molar-refractivity contribution in [2.45, 2.75) is 40.0 Å². The van der Waals surface area contributed by atoms with Gasteiger partial charge in [-0.05, 0) is 43.5 Å². The van der Waals surface area contributed by atoms with E-state index in [-0.39, 0.29) is 13.1 Å². The van der Waals surface area contributed by atoms with Crippen LogP contribution in [-0.4, -0.2) is 12.9 Å². The van der Waals surface area contributed by atoms with Gasteiger partial charge < -0.3 is 4.74 Å². The van der Waals surface area contributed by atoms with Crippen molar-refractivity contribution in [1.29, 1.82) is 0 Å². The topological polar surface area (TPSA) is 26.3 Å². The highest BCUT2D eigenvalue weighted by Gasteiger charge is 2.13. The van der Waals surface area contributed by atoms with E-state index in [1.807, 2.05) is 50.3 Å². The van der Waals surface area contributed by atoms with Gasteiger partial charge in [-0.2, -0.15) is 0 Å². The van der Waals surface area contributed by atoms with Crippen LogP contribution in [0.4, 0.5) is 0 Å². The van der Waals surface area contributed by atoms with Crippen LogP contribution < -0.4 is 4.74 Å². The largest absolute Gasteiger partial charge is 0.496 e.